The van der Waals surface area contributed by atoms with Crippen LogP contribution in [0.1, 0.15) is 5.56 Å². The number of carbonyl (C=O) groups excluding carboxylic acids is 1. The summed E-state index contributed by atoms with van der Waals surface area (Å²) in [6.45, 7) is 0. The Morgan fingerprint density at radius 2 is 2.38 bits per heavy atom. The third kappa shape index (κ3) is 1.47. The summed E-state index contributed by atoms with van der Waals surface area (Å²) in [6.07, 6.45) is 0.630. The molecule has 1 aromatic rings. The van der Waals surface area contributed by atoms with Crippen LogP contribution in [0, 0.1) is 0 Å². The molecule has 0 saturated carbocycles. The molecule has 1 amide bonds. The fourth-order valence-electron chi connectivity index (χ4n) is 1.50. The van der Waals surface area contributed by atoms with Crippen LogP contribution in [0.5, 0.6) is 0 Å². The first-order chi connectivity index (χ1) is 6.16. The van der Waals surface area contributed by atoms with Crippen molar-refractivity contribution in [2.75, 3.05) is 5.32 Å². The maximum Gasteiger partial charge on any atom is 0.240 e. The van der Waals surface area contributed by atoms with Gasteiger partial charge in [-0.15, -0.1) is 0 Å². The van der Waals surface area contributed by atoms with Gasteiger partial charge in [0.1, 0.15) is 6.04 Å². The van der Waals surface area contributed by atoms with E-state index >= 15 is 0 Å². The molecule has 0 aliphatic carbocycles. The van der Waals surface area contributed by atoms with Crippen molar-refractivity contribution in [2.45, 2.75) is 12.5 Å². The highest BCUT2D eigenvalue weighted by atomic mass is 35.5. The number of rotatable bonds is 1. The van der Waals surface area contributed by atoms with Crippen molar-refractivity contribution >= 4 is 23.2 Å². The van der Waals surface area contributed by atoms with E-state index in [0.29, 0.717) is 11.4 Å². The predicted octanol–water partition coefficient (Wildman–Crippen LogP) is 1.16. The second kappa shape index (κ2) is 2.92. The Hall–Kier alpha value is -1.22. The lowest BCUT2D eigenvalue weighted by Crippen LogP contribution is -2.33. The lowest BCUT2D eigenvalue weighted by Gasteiger charge is -2.04. The highest BCUT2D eigenvalue weighted by Crippen LogP contribution is 2.28. The third-order valence-electron chi connectivity index (χ3n) is 2.16. The number of nitrogens with one attached hydrogen (secondary N) is 1. The van der Waals surface area contributed by atoms with Crippen molar-refractivity contribution < 1.29 is 4.79 Å². The maximum atomic E-state index is 10.9. The summed E-state index contributed by atoms with van der Waals surface area (Å²) in [5.41, 5.74) is 7.18. The molecule has 13 heavy (non-hydrogen) atoms. The summed E-state index contributed by atoms with van der Waals surface area (Å²) in [4.78, 5) is 10.9. The minimum Gasteiger partial charge on any atom is -0.373 e. The van der Waals surface area contributed by atoms with Crippen LogP contribution in [0.15, 0.2) is 18.2 Å². The topological polar surface area (TPSA) is 55.1 Å². The number of hydrogen-bond donors (Lipinski definition) is 2. The van der Waals surface area contributed by atoms with Gasteiger partial charge in [-0.3, -0.25) is 4.79 Å². The lowest BCUT2D eigenvalue weighted by atomic mass is 10.1. The molecule has 1 aliphatic heterocycles. The van der Waals surface area contributed by atoms with Gasteiger partial charge in [0, 0.05) is 17.1 Å². The Kier molecular flexibility index (Phi) is 1.88. The molecular formula is C9H9ClN2O. The van der Waals surface area contributed by atoms with E-state index in [4.69, 9.17) is 17.3 Å². The quantitative estimate of drug-likeness (QED) is 0.708. The molecule has 1 aromatic carbocycles. The monoisotopic (exact) mass is 196 g/mol. The van der Waals surface area contributed by atoms with E-state index in [1.165, 1.54) is 0 Å². The molecule has 0 aromatic heterocycles. The van der Waals surface area contributed by atoms with Gasteiger partial charge in [0.15, 0.2) is 0 Å². The summed E-state index contributed by atoms with van der Waals surface area (Å²) in [7, 11) is 0. The van der Waals surface area contributed by atoms with E-state index in [-0.39, 0.29) is 11.9 Å². The number of amides is 1. The maximum absolute atomic E-state index is 10.9. The summed E-state index contributed by atoms with van der Waals surface area (Å²) >= 11 is 5.81. The van der Waals surface area contributed by atoms with Gasteiger partial charge in [-0.25, -0.2) is 0 Å². The van der Waals surface area contributed by atoms with E-state index in [2.05, 4.69) is 5.32 Å². The number of anilines is 1. The van der Waals surface area contributed by atoms with Crippen LogP contribution < -0.4 is 11.1 Å². The highest BCUT2D eigenvalue weighted by Gasteiger charge is 2.24. The molecule has 4 heteroatoms. The van der Waals surface area contributed by atoms with Crippen molar-refractivity contribution in [3.05, 3.63) is 28.8 Å². The van der Waals surface area contributed by atoms with Gasteiger partial charge >= 0.3 is 0 Å². The lowest BCUT2D eigenvalue weighted by molar-refractivity contribution is -0.118. The molecule has 3 N–H and O–H groups in total. The summed E-state index contributed by atoms with van der Waals surface area (Å²) in [5.74, 6) is -0.327. The van der Waals surface area contributed by atoms with Gasteiger partial charge in [0.05, 0.1) is 0 Å². The van der Waals surface area contributed by atoms with Gasteiger partial charge in [0.25, 0.3) is 0 Å². The molecule has 0 radical (unpaired) electrons. The van der Waals surface area contributed by atoms with Crippen molar-refractivity contribution in [3.8, 4) is 0 Å². The minimum absolute atomic E-state index is 0.284. The highest BCUT2D eigenvalue weighted by molar-refractivity contribution is 6.30. The van der Waals surface area contributed by atoms with Crippen LogP contribution >= 0.6 is 11.6 Å². The van der Waals surface area contributed by atoms with Gasteiger partial charge in [0.2, 0.25) is 5.91 Å². The minimum atomic E-state index is -0.327. The van der Waals surface area contributed by atoms with Gasteiger partial charge < -0.3 is 11.1 Å². The molecule has 1 heterocycles. The average molecular weight is 197 g/mol. The SMILES string of the molecule is NC(=O)[C@H]1Cc2cc(Cl)ccc2N1. The molecular weight excluding hydrogens is 188 g/mol. The number of carbonyl (C=O) groups is 1. The second-order valence-electron chi connectivity index (χ2n) is 3.10. The van der Waals surface area contributed by atoms with Gasteiger partial charge in [-0.1, -0.05) is 11.6 Å². The van der Waals surface area contributed by atoms with Gasteiger partial charge in [-0.2, -0.15) is 0 Å². The van der Waals surface area contributed by atoms with E-state index in [0.717, 1.165) is 11.3 Å². The molecule has 0 fully saturated rings. The number of halogens is 1. The summed E-state index contributed by atoms with van der Waals surface area (Å²) in [6, 6.07) is 5.22. The molecule has 1 atom stereocenters. The molecule has 0 spiro atoms. The average Bonchev–Trinajstić information content (AvgIpc) is 2.46. The van der Waals surface area contributed by atoms with Crippen molar-refractivity contribution in [2.24, 2.45) is 5.73 Å². The van der Waals surface area contributed by atoms with Crippen molar-refractivity contribution in [1.82, 2.24) is 0 Å². The Bertz CT molecular complexity index is 365. The molecule has 0 saturated heterocycles. The fourth-order valence-corrected chi connectivity index (χ4v) is 1.70. The normalized spacial score (nSPS) is 19.3. The zero-order valence-corrected chi connectivity index (χ0v) is 7.64. The number of hydrogen-bond acceptors (Lipinski definition) is 2. The van der Waals surface area contributed by atoms with E-state index in [1.807, 2.05) is 12.1 Å². The molecule has 2 rings (SSSR count). The molecule has 0 unspecified atom stereocenters. The number of benzene rings is 1. The molecule has 3 nitrogen and oxygen atoms in total. The third-order valence-corrected chi connectivity index (χ3v) is 2.40. The van der Waals surface area contributed by atoms with Crippen LogP contribution in [0.25, 0.3) is 0 Å². The van der Waals surface area contributed by atoms with Crippen molar-refractivity contribution in [1.29, 1.82) is 0 Å². The molecule has 68 valence electrons. The predicted molar refractivity (Wildman–Crippen MR) is 51.8 cm³/mol. The first kappa shape index (κ1) is 8.38. The standard InChI is InChI=1S/C9H9ClN2O/c10-6-1-2-7-5(3-6)4-8(12-7)9(11)13/h1-3,8,12H,4H2,(H2,11,13)/t8-/m1/s1. The number of fused-ring (bicyclic) bond motifs is 1. The zero-order valence-electron chi connectivity index (χ0n) is 6.88. The van der Waals surface area contributed by atoms with Gasteiger partial charge in [-0.05, 0) is 23.8 Å². The summed E-state index contributed by atoms with van der Waals surface area (Å²) < 4.78 is 0. The Morgan fingerprint density at radius 3 is 3.08 bits per heavy atom. The van der Waals surface area contributed by atoms with E-state index in [9.17, 15) is 4.79 Å². The Morgan fingerprint density at radius 1 is 1.62 bits per heavy atom. The number of primary amides is 1. The van der Waals surface area contributed by atoms with Crippen LogP contribution in [-0.2, 0) is 11.2 Å². The molecule has 0 bridgehead atoms. The Labute approximate surface area is 80.9 Å². The first-order valence-electron chi connectivity index (χ1n) is 4.01. The first-order valence-corrected chi connectivity index (χ1v) is 4.39. The number of nitrogens with two attached hydrogens (primary N) is 1. The van der Waals surface area contributed by atoms with Crippen LogP contribution in [0.3, 0.4) is 0 Å². The molecule has 1 aliphatic rings. The van der Waals surface area contributed by atoms with Crippen LogP contribution in [0.4, 0.5) is 5.69 Å². The smallest absolute Gasteiger partial charge is 0.240 e. The van der Waals surface area contributed by atoms with E-state index in [1.54, 1.807) is 6.07 Å². The van der Waals surface area contributed by atoms with Crippen LogP contribution in [0.2, 0.25) is 5.02 Å². The zero-order chi connectivity index (χ0) is 9.42. The summed E-state index contributed by atoms with van der Waals surface area (Å²) in [5, 5.41) is 3.71. The largest absolute Gasteiger partial charge is 0.373 e. The van der Waals surface area contributed by atoms with Crippen molar-refractivity contribution in [3.63, 3.8) is 0 Å². The Balaban J connectivity index is 2.30. The second-order valence-corrected chi connectivity index (χ2v) is 3.54. The fraction of sp³-hybridized carbons (Fsp3) is 0.222. The van der Waals surface area contributed by atoms with Crippen LogP contribution in [-0.4, -0.2) is 11.9 Å². The van der Waals surface area contributed by atoms with E-state index < -0.39 is 0 Å².